The molecule has 1 heterocycles. The van der Waals surface area contributed by atoms with E-state index in [-0.39, 0.29) is 5.82 Å². The largest absolute Gasteiger partial charge is 0.439 e. The Morgan fingerprint density at radius 1 is 1.00 bits per heavy atom. The van der Waals surface area contributed by atoms with Crippen LogP contribution in [0.5, 0.6) is 11.6 Å². The third-order valence-electron chi connectivity index (χ3n) is 3.26. The van der Waals surface area contributed by atoms with E-state index in [1.54, 1.807) is 24.4 Å². The van der Waals surface area contributed by atoms with Gasteiger partial charge in [0.05, 0.1) is 0 Å². The lowest BCUT2D eigenvalue weighted by molar-refractivity contribution is 0.459. The van der Waals surface area contributed by atoms with Crippen LogP contribution >= 0.6 is 0 Å². The molecule has 2 aromatic carbocycles. The Kier molecular flexibility index (Phi) is 4.47. The Morgan fingerprint density at radius 3 is 2.48 bits per heavy atom. The molecule has 0 unspecified atom stereocenters. The number of rotatable bonds is 5. The molecule has 0 saturated carbocycles. The highest BCUT2D eigenvalue weighted by molar-refractivity contribution is 5.34. The Hall–Kier alpha value is -2.95. The number of nitrogens with zero attached hydrogens (tertiary/aromatic N) is 3. The van der Waals surface area contributed by atoms with E-state index in [1.165, 1.54) is 17.7 Å². The number of hydrogen-bond donors (Lipinski definition) is 0. The third-order valence-corrected chi connectivity index (χ3v) is 3.26. The minimum atomic E-state index is -0.302. The number of ether oxygens (including phenoxy) is 1. The molecule has 116 valence electrons. The summed E-state index contributed by atoms with van der Waals surface area (Å²) >= 11 is 0. The van der Waals surface area contributed by atoms with Crippen LogP contribution in [-0.2, 0) is 6.54 Å². The molecule has 0 aliphatic carbocycles. The quantitative estimate of drug-likeness (QED) is 0.713. The van der Waals surface area contributed by atoms with E-state index in [0.717, 1.165) is 0 Å². The molecule has 0 atom stereocenters. The molecule has 0 aliphatic rings. The first kappa shape index (κ1) is 15.0. The summed E-state index contributed by atoms with van der Waals surface area (Å²) < 4.78 is 18.5. The van der Waals surface area contributed by atoms with Gasteiger partial charge in [-0.15, -0.1) is 0 Å². The van der Waals surface area contributed by atoms with E-state index in [9.17, 15) is 4.39 Å². The van der Waals surface area contributed by atoms with Crippen LogP contribution in [0.3, 0.4) is 0 Å². The maximum absolute atomic E-state index is 12.9. The summed E-state index contributed by atoms with van der Waals surface area (Å²) in [5.41, 5.74) is 1.17. The van der Waals surface area contributed by atoms with Crippen LogP contribution in [0.2, 0.25) is 0 Å². The lowest BCUT2D eigenvalue weighted by Crippen LogP contribution is -2.19. The topological polar surface area (TPSA) is 38.2 Å². The summed E-state index contributed by atoms with van der Waals surface area (Å²) in [5, 5.41) is 0. The second-order valence-electron chi connectivity index (χ2n) is 5.09. The van der Waals surface area contributed by atoms with Crippen LogP contribution in [-0.4, -0.2) is 17.0 Å². The maximum Gasteiger partial charge on any atom is 0.228 e. The summed E-state index contributed by atoms with van der Waals surface area (Å²) in [6.45, 7) is 0.695. The van der Waals surface area contributed by atoms with Crippen LogP contribution in [0.1, 0.15) is 5.56 Å². The second kappa shape index (κ2) is 6.87. The van der Waals surface area contributed by atoms with Gasteiger partial charge in [0.1, 0.15) is 11.6 Å². The summed E-state index contributed by atoms with van der Waals surface area (Å²) in [7, 11) is 1.92. The van der Waals surface area contributed by atoms with Gasteiger partial charge in [-0.05, 0) is 29.8 Å². The molecule has 3 rings (SSSR count). The SMILES string of the molecule is CN(Cc1ccccc1)c1nccc(Oc2ccc(F)cc2)n1. The molecule has 5 heteroatoms. The van der Waals surface area contributed by atoms with Crippen molar-refractivity contribution in [1.82, 2.24) is 9.97 Å². The fourth-order valence-corrected chi connectivity index (χ4v) is 2.12. The van der Waals surface area contributed by atoms with Gasteiger partial charge in [-0.1, -0.05) is 30.3 Å². The van der Waals surface area contributed by atoms with Gasteiger partial charge >= 0.3 is 0 Å². The van der Waals surface area contributed by atoms with Crippen molar-refractivity contribution < 1.29 is 9.13 Å². The Balaban J connectivity index is 1.72. The fourth-order valence-electron chi connectivity index (χ4n) is 2.12. The zero-order valence-corrected chi connectivity index (χ0v) is 12.7. The van der Waals surface area contributed by atoms with Gasteiger partial charge in [-0.2, -0.15) is 4.98 Å². The molecule has 0 amide bonds. The van der Waals surface area contributed by atoms with Gasteiger partial charge in [-0.25, -0.2) is 9.37 Å². The molecule has 0 bridgehead atoms. The van der Waals surface area contributed by atoms with Crippen molar-refractivity contribution in [3.63, 3.8) is 0 Å². The molecule has 3 aromatic rings. The fraction of sp³-hybridized carbons (Fsp3) is 0.111. The zero-order chi connectivity index (χ0) is 16.1. The van der Waals surface area contributed by atoms with Gasteiger partial charge in [0, 0.05) is 25.9 Å². The lowest BCUT2D eigenvalue weighted by Gasteiger charge is -2.17. The summed E-state index contributed by atoms with van der Waals surface area (Å²) in [6, 6.07) is 17.6. The van der Waals surface area contributed by atoms with Crippen LogP contribution in [0.15, 0.2) is 66.9 Å². The average molecular weight is 309 g/mol. The van der Waals surface area contributed by atoms with E-state index in [1.807, 2.05) is 30.1 Å². The predicted octanol–water partition coefficient (Wildman–Crippen LogP) is 4.04. The molecule has 0 spiro atoms. The summed E-state index contributed by atoms with van der Waals surface area (Å²) in [4.78, 5) is 10.6. The second-order valence-corrected chi connectivity index (χ2v) is 5.09. The molecule has 0 radical (unpaired) electrons. The van der Waals surface area contributed by atoms with Crippen LogP contribution in [0.25, 0.3) is 0 Å². The van der Waals surface area contributed by atoms with Crippen LogP contribution in [0.4, 0.5) is 10.3 Å². The van der Waals surface area contributed by atoms with Crippen molar-refractivity contribution in [2.45, 2.75) is 6.54 Å². The highest BCUT2D eigenvalue weighted by atomic mass is 19.1. The Bertz CT molecular complexity index is 763. The van der Waals surface area contributed by atoms with Crippen molar-refractivity contribution in [2.24, 2.45) is 0 Å². The van der Waals surface area contributed by atoms with Crippen molar-refractivity contribution >= 4 is 5.95 Å². The van der Waals surface area contributed by atoms with Crippen molar-refractivity contribution in [3.8, 4) is 11.6 Å². The zero-order valence-electron chi connectivity index (χ0n) is 12.7. The highest BCUT2D eigenvalue weighted by Gasteiger charge is 2.07. The molecule has 1 aromatic heterocycles. The average Bonchev–Trinajstić information content (AvgIpc) is 2.58. The lowest BCUT2D eigenvalue weighted by atomic mass is 10.2. The first-order valence-corrected chi connectivity index (χ1v) is 7.22. The minimum absolute atomic E-state index is 0.302. The first-order valence-electron chi connectivity index (χ1n) is 7.22. The molecule has 0 aliphatic heterocycles. The maximum atomic E-state index is 12.9. The number of anilines is 1. The smallest absolute Gasteiger partial charge is 0.228 e. The molecule has 4 nitrogen and oxygen atoms in total. The normalized spacial score (nSPS) is 10.3. The van der Waals surface area contributed by atoms with Gasteiger partial charge in [-0.3, -0.25) is 0 Å². The van der Waals surface area contributed by atoms with Gasteiger partial charge < -0.3 is 9.64 Å². The summed E-state index contributed by atoms with van der Waals surface area (Å²) in [6.07, 6.45) is 1.64. The minimum Gasteiger partial charge on any atom is -0.439 e. The molecule has 0 N–H and O–H groups in total. The predicted molar refractivity (Wildman–Crippen MR) is 87.1 cm³/mol. The molecular formula is C18H16FN3O. The van der Waals surface area contributed by atoms with E-state index < -0.39 is 0 Å². The van der Waals surface area contributed by atoms with E-state index in [4.69, 9.17) is 4.74 Å². The van der Waals surface area contributed by atoms with Gasteiger partial charge in [0.2, 0.25) is 11.8 Å². The van der Waals surface area contributed by atoms with E-state index in [0.29, 0.717) is 24.1 Å². The molecular weight excluding hydrogens is 293 g/mol. The molecule has 23 heavy (non-hydrogen) atoms. The van der Waals surface area contributed by atoms with Gasteiger partial charge in [0.15, 0.2) is 0 Å². The van der Waals surface area contributed by atoms with E-state index >= 15 is 0 Å². The Labute approximate surface area is 134 Å². The first-order chi connectivity index (χ1) is 11.2. The standard InChI is InChI=1S/C18H16FN3O/c1-22(13-14-5-3-2-4-6-14)18-20-12-11-17(21-18)23-16-9-7-15(19)8-10-16/h2-12H,13H2,1H3. The van der Waals surface area contributed by atoms with Crippen molar-refractivity contribution in [3.05, 3.63) is 78.2 Å². The number of halogens is 1. The van der Waals surface area contributed by atoms with Crippen molar-refractivity contribution in [2.75, 3.05) is 11.9 Å². The number of aromatic nitrogens is 2. The number of benzene rings is 2. The number of hydrogen-bond acceptors (Lipinski definition) is 4. The third kappa shape index (κ3) is 4.03. The Morgan fingerprint density at radius 2 is 1.74 bits per heavy atom. The molecule has 0 saturated heterocycles. The highest BCUT2D eigenvalue weighted by Crippen LogP contribution is 2.21. The summed E-state index contributed by atoms with van der Waals surface area (Å²) in [5.74, 6) is 1.21. The van der Waals surface area contributed by atoms with Crippen molar-refractivity contribution in [1.29, 1.82) is 0 Å². The molecule has 0 fully saturated rings. The van der Waals surface area contributed by atoms with E-state index in [2.05, 4.69) is 22.1 Å². The monoisotopic (exact) mass is 309 g/mol. The van der Waals surface area contributed by atoms with Crippen LogP contribution < -0.4 is 9.64 Å². The van der Waals surface area contributed by atoms with Gasteiger partial charge in [0.25, 0.3) is 0 Å². The van der Waals surface area contributed by atoms with Crippen LogP contribution in [0, 0.1) is 5.82 Å².